The van der Waals surface area contributed by atoms with Crippen LogP contribution in [-0.4, -0.2) is 42.5 Å². The van der Waals surface area contributed by atoms with E-state index in [0.717, 1.165) is 5.56 Å². The topological polar surface area (TPSA) is 29.5 Å². The Hall–Kier alpha value is -1.26. The van der Waals surface area contributed by atoms with Crippen molar-refractivity contribution >= 4 is 5.78 Å². The molecule has 2 rings (SSSR count). The van der Waals surface area contributed by atoms with Gasteiger partial charge in [-0.15, -0.1) is 0 Å². The number of nitrogens with zero attached hydrogens (tertiary/aromatic N) is 1. The molecule has 0 saturated carbocycles. The van der Waals surface area contributed by atoms with E-state index in [4.69, 9.17) is 4.74 Å². The molecule has 3 nitrogen and oxygen atoms in total. The lowest BCUT2D eigenvalue weighted by Gasteiger charge is -2.41. The van der Waals surface area contributed by atoms with Crippen LogP contribution in [0.4, 0.5) is 4.39 Å². The molecule has 0 amide bonds. The van der Waals surface area contributed by atoms with E-state index in [-0.39, 0.29) is 11.3 Å². The molecule has 0 radical (unpaired) electrons. The summed E-state index contributed by atoms with van der Waals surface area (Å²) in [5, 5.41) is 0. The number of benzene rings is 1. The number of halogens is 1. The molecule has 1 saturated heterocycles. The van der Waals surface area contributed by atoms with Crippen molar-refractivity contribution in [3.63, 3.8) is 0 Å². The molecule has 0 spiro atoms. The average molecular weight is 279 g/mol. The van der Waals surface area contributed by atoms with Gasteiger partial charge in [0.2, 0.25) is 0 Å². The molecule has 1 aromatic carbocycles. The van der Waals surface area contributed by atoms with Gasteiger partial charge in [-0.1, -0.05) is 18.6 Å². The number of Topliss-reactive ketones (excluding diaryl/α,β-unsaturated/α-hetero) is 1. The van der Waals surface area contributed by atoms with E-state index in [1.807, 2.05) is 20.8 Å². The number of carbonyl (C=O) groups is 1. The Labute approximate surface area is 119 Å². The lowest BCUT2D eigenvalue weighted by Crippen LogP contribution is -2.56. The first-order chi connectivity index (χ1) is 9.49. The monoisotopic (exact) mass is 279 g/mol. The number of carbonyl (C=O) groups excluding carboxylic acids is 1. The third kappa shape index (κ3) is 2.76. The molecule has 1 heterocycles. The van der Waals surface area contributed by atoms with E-state index in [1.165, 1.54) is 6.07 Å². The van der Waals surface area contributed by atoms with Gasteiger partial charge in [-0.25, -0.2) is 4.39 Å². The van der Waals surface area contributed by atoms with Crippen molar-refractivity contribution < 1.29 is 13.9 Å². The Balaban J connectivity index is 2.34. The van der Waals surface area contributed by atoms with Crippen LogP contribution in [0.3, 0.4) is 0 Å². The maximum Gasteiger partial charge on any atom is 0.185 e. The van der Waals surface area contributed by atoms with Gasteiger partial charge in [0.1, 0.15) is 5.82 Å². The normalized spacial score (nSPS) is 19.6. The van der Waals surface area contributed by atoms with Crippen LogP contribution in [0.15, 0.2) is 18.2 Å². The third-order valence-electron chi connectivity index (χ3n) is 4.25. The molecule has 1 aliphatic rings. The van der Waals surface area contributed by atoms with Crippen molar-refractivity contribution in [2.24, 2.45) is 0 Å². The van der Waals surface area contributed by atoms with Gasteiger partial charge in [-0.2, -0.15) is 0 Å². The summed E-state index contributed by atoms with van der Waals surface area (Å²) in [5.41, 5.74) is 0.425. The minimum Gasteiger partial charge on any atom is -0.379 e. The fourth-order valence-corrected chi connectivity index (χ4v) is 2.69. The van der Waals surface area contributed by atoms with Crippen LogP contribution in [0.1, 0.15) is 36.2 Å². The van der Waals surface area contributed by atoms with E-state index in [1.54, 1.807) is 12.1 Å². The van der Waals surface area contributed by atoms with Gasteiger partial charge in [0, 0.05) is 13.1 Å². The minimum atomic E-state index is -0.668. The lowest BCUT2D eigenvalue weighted by atomic mass is 9.85. The summed E-state index contributed by atoms with van der Waals surface area (Å²) in [4.78, 5) is 15.0. The number of rotatable bonds is 4. The Morgan fingerprint density at radius 3 is 2.65 bits per heavy atom. The second-order valence-electron chi connectivity index (χ2n) is 5.54. The standard InChI is InChI=1S/C16H22FNO2/c1-4-16(3,18-7-9-20-10-8-18)15(19)13-11-12(2)5-6-14(13)17/h5-6,11H,4,7-10H2,1-3H3. The predicted molar refractivity (Wildman–Crippen MR) is 76.6 cm³/mol. The van der Waals surface area contributed by atoms with E-state index in [9.17, 15) is 9.18 Å². The summed E-state index contributed by atoms with van der Waals surface area (Å²) in [6.07, 6.45) is 0.652. The lowest BCUT2D eigenvalue weighted by molar-refractivity contribution is -0.0107. The second kappa shape index (κ2) is 6.02. The first kappa shape index (κ1) is 15.1. The third-order valence-corrected chi connectivity index (χ3v) is 4.25. The fourth-order valence-electron chi connectivity index (χ4n) is 2.69. The molecule has 1 aromatic rings. The molecule has 0 aromatic heterocycles. The molecule has 110 valence electrons. The zero-order valence-electron chi connectivity index (χ0n) is 12.4. The maximum atomic E-state index is 14.0. The average Bonchev–Trinajstić information content (AvgIpc) is 2.49. The van der Waals surface area contributed by atoms with E-state index >= 15 is 0 Å². The first-order valence-corrected chi connectivity index (χ1v) is 7.13. The molecular weight excluding hydrogens is 257 g/mol. The largest absolute Gasteiger partial charge is 0.379 e. The molecule has 0 N–H and O–H groups in total. The summed E-state index contributed by atoms with van der Waals surface area (Å²) < 4.78 is 19.3. The van der Waals surface area contributed by atoms with Crippen molar-refractivity contribution in [1.82, 2.24) is 4.90 Å². The fraction of sp³-hybridized carbons (Fsp3) is 0.562. The van der Waals surface area contributed by atoms with Gasteiger partial charge >= 0.3 is 0 Å². The van der Waals surface area contributed by atoms with Crippen LogP contribution in [-0.2, 0) is 4.74 Å². The number of ketones is 1. The molecule has 1 aliphatic heterocycles. The highest BCUT2D eigenvalue weighted by Gasteiger charge is 2.39. The van der Waals surface area contributed by atoms with Gasteiger partial charge in [0.25, 0.3) is 0 Å². The molecule has 1 unspecified atom stereocenters. The Morgan fingerprint density at radius 2 is 2.05 bits per heavy atom. The van der Waals surface area contributed by atoms with Crippen molar-refractivity contribution in [1.29, 1.82) is 0 Å². The minimum absolute atomic E-state index is 0.136. The number of hydrogen-bond acceptors (Lipinski definition) is 3. The van der Waals surface area contributed by atoms with Gasteiger partial charge in [0.05, 0.1) is 24.3 Å². The Bertz CT molecular complexity index is 497. The molecule has 20 heavy (non-hydrogen) atoms. The highest BCUT2D eigenvalue weighted by molar-refractivity contribution is 6.03. The molecule has 1 fully saturated rings. The zero-order chi connectivity index (χ0) is 14.8. The summed E-state index contributed by atoms with van der Waals surface area (Å²) in [6, 6.07) is 4.70. The van der Waals surface area contributed by atoms with Crippen molar-refractivity contribution in [2.75, 3.05) is 26.3 Å². The molecule has 0 bridgehead atoms. The van der Waals surface area contributed by atoms with Gasteiger partial charge < -0.3 is 4.74 Å². The van der Waals surface area contributed by atoms with Crippen LogP contribution >= 0.6 is 0 Å². The predicted octanol–water partition coefficient (Wildman–Crippen LogP) is 2.82. The van der Waals surface area contributed by atoms with E-state index in [2.05, 4.69) is 4.90 Å². The van der Waals surface area contributed by atoms with E-state index < -0.39 is 11.4 Å². The molecule has 0 aliphatic carbocycles. The summed E-state index contributed by atoms with van der Waals surface area (Å²) in [7, 11) is 0. The molecule has 4 heteroatoms. The smallest absolute Gasteiger partial charge is 0.185 e. The van der Waals surface area contributed by atoms with Crippen LogP contribution in [0.25, 0.3) is 0 Å². The maximum absolute atomic E-state index is 14.0. The van der Waals surface area contributed by atoms with Crippen molar-refractivity contribution in [2.45, 2.75) is 32.7 Å². The Morgan fingerprint density at radius 1 is 1.40 bits per heavy atom. The van der Waals surface area contributed by atoms with Crippen LogP contribution in [0.2, 0.25) is 0 Å². The molecular formula is C16H22FNO2. The summed E-state index contributed by atoms with van der Waals surface area (Å²) in [5.74, 6) is -0.573. The molecule has 1 atom stereocenters. The summed E-state index contributed by atoms with van der Waals surface area (Å²) in [6.45, 7) is 8.42. The first-order valence-electron chi connectivity index (χ1n) is 7.13. The van der Waals surface area contributed by atoms with Crippen LogP contribution in [0.5, 0.6) is 0 Å². The van der Waals surface area contributed by atoms with Crippen LogP contribution in [0, 0.1) is 12.7 Å². The van der Waals surface area contributed by atoms with Crippen molar-refractivity contribution in [3.8, 4) is 0 Å². The number of hydrogen-bond donors (Lipinski definition) is 0. The SMILES string of the molecule is CCC(C)(C(=O)c1cc(C)ccc1F)N1CCOCC1. The van der Waals surface area contributed by atoms with Gasteiger partial charge in [-0.3, -0.25) is 9.69 Å². The van der Waals surface area contributed by atoms with Crippen LogP contribution < -0.4 is 0 Å². The zero-order valence-corrected chi connectivity index (χ0v) is 12.4. The van der Waals surface area contributed by atoms with Crippen molar-refractivity contribution in [3.05, 3.63) is 35.1 Å². The van der Waals surface area contributed by atoms with Gasteiger partial charge in [0.15, 0.2) is 5.78 Å². The Kier molecular flexibility index (Phi) is 4.55. The highest BCUT2D eigenvalue weighted by Crippen LogP contribution is 2.27. The second-order valence-corrected chi connectivity index (χ2v) is 5.54. The number of morpholine rings is 1. The number of aryl methyl sites for hydroxylation is 1. The highest BCUT2D eigenvalue weighted by atomic mass is 19.1. The summed E-state index contributed by atoms with van der Waals surface area (Å²) >= 11 is 0. The number of ether oxygens (including phenoxy) is 1. The quantitative estimate of drug-likeness (QED) is 0.794. The van der Waals surface area contributed by atoms with E-state index in [0.29, 0.717) is 32.7 Å². The van der Waals surface area contributed by atoms with Gasteiger partial charge in [-0.05, 0) is 32.4 Å².